The number of hydrogen-bond acceptors (Lipinski definition) is 5. The molecule has 0 saturated carbocycles. The van der Waals surface area contributed by atoms with Gasteiger partial charge in [0.2, 0.25) is 5.91 Å². The molecule has 0 saturated heterocycles. The van der Waals surface area contributed by atoms with E-state index in [9.17, 15) is 23.6 Å². The van der Waals surface area contributed by atoms with Crippen LogP contribution >= 0.6 is 11.6 Å². The van der Waals surface area contributed by atoms with Crippen LogP contribution in [0.2, 0.25) is 5.02 Å². The Morgan fingerprint density at radius 2 is 1.53 bits per heavy atom. The minimum atomic E-state index is -1.17. The van der Waals surface area contributed by atoms with E-state index in [0.29, 0.717) is 11.3 Å². The second kappa shape index (κ2) is 12.3. The summed E-state index contributed by atoms with van der Waals surface area (Å²) in [7, 11) is 0. The van der Waals surface area contributed by atoms with E-state index in [-0.39, 0.29) is 17.1 Å². The Morgan fingerprint density at radius 1 is 0.868 bits per heavy atom. The van der Waals surface area contributed by atoms with Crippen molar-refractivity contribution in [2.45, 2.75) is 38.8 Å². The molecule has 3 amide bonds. The van der Waals surface area contributed by atoms with Crippen molar-refractivity contribution in [3.8, 4) is 0 Å². The molecule has 0 fully saturated rings. The van der Waals surface area contributed by atoms with Gasteiger partial charge in [-0.25, -0.2) is 9.18 Å². The molecular formula is C28H27ClFN3O5. The van der Waals surface area contributed by atoms with Crippen LogP contribution < -0.4 is 16.0 Å². The number of amides is 3. The van der Waals surface area contributed by atoms with Crippen molar-refractivity contribution in [2.75, 3.05) is 10.6 Å². The zero-order valence-corrected chi connectivity index (χ0v) is 21.8. The van der Waals surface area contributed by atoms with Gasteiger partial charge in [0.05, 0.1) is 16.3 Å². The highest BCUT2D eigenvalue weighted by molar-refractivity contribution is 6.40. The van der Waals surface area contributed by atoms with Crippen molar-refractivity contribution in [3.05, 3.63) is 94.8 Å². The maximum atomic E-state index is 14.1. The molecule has 3 aromatic rings. The van der Waals surface area contributed by atoms with E-state index in [0.717, 1.165) is 5.56 Å². The Morgan fingerprint density at radius 3 is 2.16 bits per heavy atom. The third kappa shape index (κ3) is 8.14. The summed E-state index contributed by atoms with van der Waals surface area (Å²) in [6.07, 6.45) is 0.0766. The van der Waals surface area contributed by atoms with Crippen LogP contribution in [0.5, 0.6) is 0 Å². The SMILES string of the molecule is CC(C)(C)OC(=O)c1ccc(NC(=O)[C@H](Cc2ccccc2)NC(=O)C(=O)Nc2cccc(Cl)c2F)cc1. The summed E-state index contributed by atoms with van der Waals surface area (Å²) in [6.45, 7) is 5.27. The molecule has 0 radical (unpaired) electrons. The van der Waals surface area contributed by atoms with E-state index in [2.05, 4.69) is 16.0 Å². The Kier molecular flexibility index (Phi) is 9.20. The number of rotatable bonds is 7. The van der Waals surface area contributed by atoms with Gasteiger partial charge in [-0.2, -0.15) is 0 Å². The first-order valence-electron chi connectivity index (χ1n) is 11.7. The van der Waals surface area contributed by atoms with Gasteiger partial charge in [0, 0.05) is 12.1 Å². The van der Waals surface area contributed by atoms with Gasteiger partial charge < -0.3 is 20.7 Å². The summed E-state index contributed by atoms with van der Waals surface area (Å²) in [4.78, 5) is 50.4. The van der Waals surface area contributed by atoms with Gasteiger partial charge in [0.25, 0.3) is 0 Å². The van der Waals surface area contributed by atoms with Crippen molar-refractivity contribution >= 4 is 46.7 Å². The largest absolute Gasteiger partial charge is 0.456 e. The molecule has 198 valence electrons. The first-order chi connectivity index (χ1) is 17.9. The van der Waals surface area contributed by atoms with Crippen LogP contribution in [0.4, 0.5) is 15.8 Å². The van der Waals surface area contributed by atoms with Gasteiger partial charge in [0.15, 0.2) is 5.82 Å². The van der Waals surface area contributed by atoms with Crippen LogP contribution in [0.1, 0.15) is 36.7 Å². The van der Waals surface area contributed by atoms with Gasteiger partial charge in [0.1, 0.15) is 11.6 Å². The third-order valence-electron chi connectivity index (χ3n) is 5.10. The summed E-state index contributed by atoms with van der Waals surface area (Å²) in [5, 5.41) is 7.01. The fraction of sp³-hybridized carbons (Fsp3) is 0.214. The fourth-order valence-electron chi connectivity index (χ4n) is 3.32. The molecule has 0 bridgehead atoms. The van der Waals surface area contributed by atoms with E-state index in [4.69, 9.17) is 16.3 Å². The number of benzene rings is 3. The summed E-state index contributed by atoms with van der Waals surface area (Å²) in [5.41, 5.74) is 0.468. The lowest BCUT2D eigenvalue weighted by atomic mass is 10.0. The highest BCUT2D eigenvalue weighted by Crippen LogP contribution is 2.22. The Bertz CT molecular complexity index is 1320. The molecule has 3 aromatic carbocycles. The van der Waals surface area contributed by atoms with E-state index < -0.39 is 41.2 Å². The molecule has 1 atom stereocenters. The molecular weight excluding hydrogens is 513 g/mol. The molecule has 0 aliphatic heterocycles. The summed E-state index contributed by atoms with van der Waals surface area (Å²) >= 11 is 5.72. The normalized spacial score (nSPS) is 11.7. The molecule has 3 rings (SSSR count). The van der Waals surface area contributed by atoms with Crippen LogP contribution in [0.15, 0.2) is 72.8 Å². The second-order valence-electron chi connectivity index (χ2n) is 9.34. The highest BCUT2D eigenvalue weighted by atomic mass is 35.5. The molecule has 0 spiro atoms. The molecule has 0 heterocycles. The Balaban J connectivity index is 1.72. The molecule has 0 aliphatic rings. The molecule has 0 aliphatic carbocycles. The van der Waals surface area contributed by atoms with Crippen LogP contribution in [0.25, 0.3) is 0 Å². The smallest absolute Gasteiger partial charge is 0.338 e. The lowest BCUT2D eigenvalue weighted by Gasteiger charge is -2.20. The number of nitrogens with one attached hydrogen (secondary N) is 3. The minimum Gasteiger partial charge on any atom is -0.456 e. The second-order valence-corrected chi connectivity index (χ2v) is 9.75. The number of esters is 1. The first kappa shape index (κ1) is 28.3. The predicted octanol–water partition coefficient (Wildman–Crippen LogP) is 4.74. The summed E-state index contributed by atoms with van der Waals surface area (Å²) in [6, 6.07) is 17.7. The zero-order valence-electron chi connectivity index (χ0n) is 21.0. The zero-order chi connectivity index (χ0) is 27.9. The molecule has 8 nitrogen and oxygen atoms in total. The van der Waals surface area contributed by atoms with Gasteiger partial charge in [-0.05, 0) is 62.7 Å². The average Bonchev–Trinajstić information content (AvgIpc) is 2.86. The maximum absolute atomic E-state index is 14.1. The van der Waals surface area contributed by atoms with Crippen molar-refractivity contribution < 1.29 is 28.3 Å². The predicted molar refractivity (Wildman–Crippen MR) is 142 cm³/mol. The standard InChI is InChI=1S/C28H27ClFN3O5/c1-28(2,3)38-27(37)18-12-14-19(15-13-18)31-24(34)22(16-17-8-5-4-6-9-17)33-26(36)25(35)32-21-11-7-10-20(29)23(21)30/h4-15,22H,16H2,1-3H3,(H,31,34)(H,32,35)(H,33,36)/t22-/m0/s1. The maximum Gasteiger partial charge on any atom is 0.338 e. The number of ether oxygens (including phenoxy) is 1. The number of anilines is 2. The minimum absolute atomic E-state index is 0.0766. The van der Waals surface area contributed by atoms with Crippen molar-refractivity contribution in [1.29, 1.82) is 0 Å². The van der Waals surface area contributed by atoms with Crippen molar-refractivity contribution in [2.24, 2.45) is 0 Å². The first-order valence-corrected chi connectivity index (χ1v) is 12.0. The van der Waals surface area contributed by atoms with Gasteiger partial charge in [-0.15, -0.1) is 0 Å². The molecule has 0 unspecified atom stereocenters. The van der Waals surface area contributed by atoms with Crippen molar-refractivity contribution in [1.82, 2.24) is 5.32 Å². The molecule has 10 heteroatoms. The van der Waals surface area contributed by atoms with E-state index in [1.54, 1.807) is 51.1 Å². The summed E-state index contributed by atoms with van der Waals surface area (Å²) < 4.78 is 19.5. The van der Waals surface area contributed by atoms with E-state index in [1.807, 2.05) is 0 Å². The monoisotopic (exact) mass is 539 g/mol. The van der Waals surface area contributed by atoms with E-state index >= 15 is 0 Å². The molecule has 3 N–H and O–H groups in total. The van der Waals surface area contributed by atoms with E-state index in [1.165, 1.54) is 42.5 Å². The quantitative estimate of drug-likeness (QED) is 0.296. The molecule has 0 aromatic heterocycles. The number of halogens is 2. The van der Waals surface area contributed by atoms with Crippen LogP contribution in [-0.2, 0) is 25.5 Å². The average molecular weight is 540 g/mol. The Hall–Kier alpha value is -4.24. The fourth-order valence-corrected chi connectivity index (χ4v) is 3.49. The van der Waals surface area contributed by atoms with Gasteiger partial charge in [-0.3, -0.25) is 14.4 Å². The van der Waals surface area contributed by atoms with Crippen LogP contribution in [0, 0.1) is 5.82 Å². The van der Waals surface area contributed by atoms with Crippen LogP contribution in [-0.4, -0.2) is 35.3 Å². The van der Waals surface area contributed by atoms with Crippen LogP contribution in [0.3, 0.4) is 0 Å². The lowest BCUT2D eigenvalue weighted by Crippen LogP contribution is -2.49. The van der Waals surface area contributed by atoms with Gasteiger partial charge >= 0.3 is 17.8 Å². The number of carbonyl (C=O) groups is 4. The summed E-state index contributed by atoms with van der Waals surface area (Å²) in [5.74, 6) is -4.30. The highest BCUT2D eigenvalue weighted by Gasteiger charge is 2.26. The topological polar surface area (TPSA) is 114 Å². The van der Waals surface area contributed by atoms with Crippen molar-refractivity contribution in [3.63, 3.8) is 0 Å². The third-order valence-corrected chi connectivity index (χ3v) is 5.39. The molecule has 38 heavy (non-hydrogen) atoms. The lowest BCUT2D eigenvalue weighted by molar-refractivity contribution is -0.137. The number of carbonyl (C=O) groups excluding carboxylic acids is 4. The Labute approximate surface area is 224 Å². The van der Waals surface area contributed by atoms with Gasteiger partial charge in [-0.1, -0.05) is 48.0 Å². The number of hydrogen-bond donors (Lipinski definition) is 3.